The van der Waals surface area contributed by atoms with Gasteiger partial charge in [-0.25, -0.2) is 0 Å². The van der Waals surface area contributed by atoms with Crippen LogP contribution in [-0.4, -0.2) is 67.0 Å². The van der Waals surface area contributed by atoms with Gasteiger partial charge in [-0.05, 0) is 62.6 Å². The van der Waals surface area contributed by atoms with Gasteiger partial charge in [-0.3, -0.25) is 14.4 Å². The molecule has 8 nitrogen and oxygen atoms in total. The van der Waals surface area contributed by atoms with E-state index in [1.54, 1.807) is 14.0 Å². The number of likely N-dealkylation sites (N-methyl/N-ethyl adjacent to an activating group) is 1. The van der Waals surface area contributed by atoms with Crippen LogP contribution in [0.4, 0.5) is 0 Å². The van der Waals surface area contributed by atoms with Crippen LogP contribution in [-0.2, 0) is 27.2 Å². The number of carbonyl (C=O) groups is 3. The first-order chi connectivity index (χ1) is 18.3. The number of amides is 3. The molecule has 4 rings (SSSR count). The Kier molecular flexibility index (Phi) is 9.39. The molecule has 38 heavy (non-hydrogen) atoms. The molecule has 1 fully saturated rings. The fraction of sp³-hybridized carbons (Fsp3) is 0.500. The number of benzene rings is 2. The first-order valence-corrected chi connectivity index (χ1v) is 13.7. The molecule has 2 aliphatic rings. The third-order valence-corrected chi connectivity index (χ3v) is 7.43. The molecule has 3 N–H and O–H groups in total. The van der Waals surface area contributed by atoms with Crippen LogP contribution in [0.5, 0.6) is 5.75 Å². The first kappa shape index (κ1) is 27.6. The minimum absolute atomic E-state index is 0.118. The monoisotopic (exact) mass is 520 g/mol. The van der Waals surface area contributed by atoms with E-state index < -0.39 is 12.1 Å². The number of hydrogen-bond donors (Lipinski definition) is 3. The van der Waals surface area contributed by atoms with E-state index >= 15 is 0 Å². The van der Waals surface area contributed by atoms with Crippen molar-refractivity contribution in [1.82, 2.24) is 20.9 Å². The molecule has 1 aliphatic heterocycles. The maximum Gasteiger partial charge on any atom is 0.243 e. The molecule has 2 aromatic carbocycles. The molecule has 2 aromatic rings. The second-order valence-electron chi connectivity index (χ2n) is 10.5. The molecule has 1 heterocycles. The number of nitrogens with one attached hydrogen (secondary N) is 3. The Hall–Kier alpha value is -3.39. The quantitative estimate of drug-likeness (QED) is 0.578. The van der Waals surface area contributed by atoms with E-state index in [1.165, 1.54) is 4.90 Å². The van der Waals surface area contributed by atoms with Crippen molar-refractivity contribution < 1.29 is 19.1 Å². The summed E-state index contributed by atoms with van der Waals surface area (Å²) in [5, 5.41) is 9.33. The number of ether oxygens (including phenoxy) is 1. The first-order valence-electron chi connectivity index (χ1n) is 13.7. The lowest BCUT2D eigenvalue weighted by Crippen LogP contribution is -2.57. The van der Waals surface area contributed by atoms with Crippen molar-refractivity contribution in [2.75, 3.05) is 20.1 Å². The summed E-state index contributed by atoms with van der Waals surface area (Å²) in [6.45, 7) is 4.69. The normalized spacial score (nSPS) is 26.3. The molecular weight excluding hydrogens is 480 g/mol. The summed E-state index contributed by atoms with van der Waals surface area (Å²) in [7, 11) is 1.66. The third-order valence-electron chi connectivity index (χ3n) is 7.43. The zero-order chi connectivity index (χ0) is 27.1. The zero-order valence-electron chi connectivity index (χ0n) is 22.6. The summed E-state index contributed by atoms with van der Waals surface area (Å²) >= 11 is 0. The fourth-order valence-corrected chi connectivity index (χ4v) is 4.81. The Morgan fingerprint density at radius 2 is 1.66 bits per heavy atom. The molecular formula is C30H40N4O4. The second kappa shape index (κ2) is 12.9. The maximum atomic E-state index is 13.5. The summed E-state index contributed by atoms with van der Waals surface area (Å²) in [5.41, 5.74) is 2.03. The standard InChI is InChI=1S/C30H40N4O4/c1-20-19-32-27(24-15-16-24)30(37)34(3)21(2)28(35)33-25(18-22-10-5-4-6-11-22)29(36)31-17-9-13-23-12-7-8-14-26(23)38-20/h4-8,10-12,14,20-21,24-25,27,32H,9,13,15-19H2,1-3H3,(H,31,36)(H,33,35)/t20-,21-,25-,27+/m1/s1. The van der Waals surface area contributed by atoms with Gasteiger partial charge in [0.25, 0.3) is 0 Å². The Morgan fingerprint density at radius 1 is 0.947 bits per heavy atom. The fourth-order valence-electron chi connectivity index (χ4n) is 4.81. The predicted octanol–water partition coefficient (Wildman–Crippen LogP) is 2.46. The highest BCUT2D eigenvalue weighted by Gasteiger charge is 2.39. The molecule has 0 unspecified atom stereocenters. The van der Waals surface area contributed by atoms with Gasteiger partial charge < -0.3 is 25.6 Å². The number of carbonyl (C=O) groups excluding carboxylic acids is 3. The number of aryl methyl sites for hydroxylation is 1. The zero-order valence-corrected chi connectivity index (χ0v) is 22.6. The Morgan fingerprint density at radius 3 is 2.39 bits per heavy atom. The van der Waals surface area contributed by atoms with Gasteiger partial charge in [0, 0.05) is 26.6 Å². The van der Waals surface area contributed by atoms with Crippen molar-refractivity contribution >= 4 is 17.7 Å². The van der Waals surface area contributed by atoms with Crippen LogP contribution in [0.15, 0.2) is 54.6 Å². The van der Waals surface area contributed by atoms with Gasteiger partial charge >= 0.3 is 0 Å². The summed E-state index contributed by atoms with van der Waals surface area (Å²) in [6, 6.07) is 15.7. The average molecular weight is 521 g/mol. The van der Waals surface area contributed by atoms with E-state index in [0.717, 1.165) is 42.6 Å². The molecule has 1 saturated carbocycles. The lowest BCUT2D eigenvalue weighted by Gasteiger charge is -2.31. The second-order valence-corrected chi connectivity index (χ2v) is 10.5. The van der Waals surface area contributed by atoms with E-state index in [9.17, 15) is 14.4 Å². The van der Waals surface area contributed by atoms with Gasteiger partial charge in [0.2, 0.25) is 17.7 Å². The SMILES string of the molecule is C[C@@H]1CN[C@@H](C2CC2)C(=O)N(C)[C@H](C)C(=O)N[C@H](Cc2ccccc2)C(=O)NCCCc2ccccc2O1. The minimum Gasteiger partial charge on any atom is -0.489 e. The van der Waals surface area contributed by atoms with Gasteiger partial charge in [-0.15, -0.1) is 0 Å². The van der Waals surface area contributed by atoms with Crippen LogP contribution in [0.2, 0.25) is 0 Å². The summed E-state index contributed by atoms with van der Waals surface area (Å²) in [6.07, 6.45) is 3.67. The largest absolute Gasteiger partial charge is 0.489 e. The van der Waals surface area contributed by atoms with Crippen molar-refractivity contribution in [2.24, 2.45) is 5.92 Å². The predicted molar refractivity (Wildman–Crippen MR) is 147 cm³/mol. The lowest BCUT2D eigenvalue weighted by atomic mass is 10.0. The highest BCUT2D eigenvalue weighted by atomic mass is 16.5. The number of para-hydroxylation sites is 1. The third kappa shape index (κ3) is 7.34. The molecule has 4 atom stereocenters. The highest BCUT2D eigenvalue weighted by molar-refractivity contribution is 5.93. The van der Waals surface area contributed by atoms with Gasteiger partial charge in [-0.2, -0.15) is 0 Å². The molecule has 1 aliphatic carbocycles. The molecule has 204 valence electrons. The maximum absolute atomic E-state index is 13.5. The van der Waals surface area contributed by atoms with E-state index in [1.807, 2.05) is 61.5 Å². The van der Waals surface area contributed by atoms with Crippen molar-refractivity contribution in [1.29, 1.82) is 0 Å². The van der Waals surface area contributed by atoms with Crippen molar-refractivity contribution in [3.05, 3.63) is 65.7 Å². The lowest BCUT2D eigenvalue weighted by molar-refractivity contribution is -0.141. The van der Waals surface area contributed by atoms with Crippen LogP contribution in [0.3, 0.4) is 0 Å². The molecule has 0 bridgehead atoms. The molecule has 0 spiro atoms. The number of hydrogen-bond acceptors (Lipinski definition) is 5. The molecule has 3 amide bonds. The Bertz CT molecular complexity index is 1100. The van der Waals surface area contributed by atoms with E-state index in [0.29, 0.717) is 19.5 Å². The van der Waals surface area contributed by atoms with Gasteiger partial charge in [-0.1, -0.05) is 48.5 Å². The van der Waals surface area contributed by atoms with Crippen molar-refractivity contribution in [2.45, 2.75) is 70.2 Å². The van der Waals surface area contributed by atoms with E-state index in [2.05, 4.69) is 16.0 Å². The summed E-state index contributed by atoms with van der Waals surface area (Å²) in [5.74, 6) is 0.372. The van der Waals surface area contributed by atoms with Crippen LogP contribution < -0.4 is 20.7 Å². The smallest absolute Gasteiger partial charge is 0.243 e. The Labute approximate surface area is 225 Å². The van der Waals surface area contributed by atoms with Gasteiger partial charge in [0.15, 0.2) is 0 Å². The highest BCUT2D eigenvalue weighted by Crippen LogP contribution is 2.33. The van der Waals surface area contributed by atoms with Crippen molar-refractivity contribution in [3.63, 3.8) is 0 Å². The molecule has 0 radical (unpaired) electrons. The van der Waals surface area contributed by atoms with E-state index in [-0.39, 0.29) is 35.8 Å². The summed E-state index contributed by atoms with van der Waals surface area (Å²) in [4.78, 5) is 41.4. The summed E-state index contributed by atoms with van der Waals surface area (Å²) < 4.78 is 6.26. The molecule has 8 heteroatoms. The molecule has 0 saturated heterocycles. The minimum atomic E-state index is -0.747. The van der Waals surface area contributed by atoms with Crippen molar-refractivity contribution in [3.8, 4) is 5.75 Å². The molecule has 0 aromatic heterocycles. The van der Waals surface area contributed by atoms with E-state index in [4.69, 9.17) is 4.74 Å². The number of nitrogens with zero attached hydrogens (tertiary/aromatic N) is 1. The van der Waals surface area contributed by atoms with Crippen LogP contribution in [0, 0.1) is 5.92 Å². The van der Waals surface area contributed by atoms with Crippen LogP contribution in [0.25, 0.3) is 0 Å². The van der Waals surface area contributed by atoms with Crippen LogP contribution >= 0.6 is 0 Å². The average Bonchev–Trinajstić information content (AvgIpc) is 3.76. The Balaban J connectivity index is 1.56. The number of rotatable bonds is 3. The van der Waals surface area contributed by atoms with Gasteiger partial charge in [0.1, 0.15) is 23.9 Å². The topological polar surface area (TPSA) is 99.8 Å². The number of fused-ring (bicyclic) bond motifs is 1. The van der Waals surface area contributed by atoms with Crippen LogP contribution in [0.1, 0.15) is 44.2 Å². The van der Waals surface area contributed by atoms with Gasteiger partial charge in [0.05, 0.1) is 6.04 Å².